The van der Waals surface area contributed by atoms with Crippen molar-refractivity contribution in [3.05, 3.63) is 34.9 Å². The standard InChI is InChI=1S/C11H11FO4/c12-5-1-2-7-3-4-8(10(13)14)9(6-7)11(15)16/h3-4,6H,1-2,5H2,(H,13,14)(H,15,16)/i12-1. The van der Waals surface area contributed by atoms with Crippen molar-refractivity contribution in [1.29, 1.82) is 0 Å². The highest BCUT2D eigenvalue weighted by Crippen LogP contribution is 2.14. The Morgan fingerprint density at radius 3 is 2.25 bits per heavy atom. The molecular weight excluding hydrogens is 214 g/mol. The number of hydrogen-bond donors (Lipinski definition) is 2. The maximum atomic E-state index is 11.9. The van der Waals surface area contributed by atoms with E-state index in [0.29, 0.717) is 18.4 Å². The Morgan fingerprint density at radius 2 is 1.75 bits per heavy atom. The van der Waals surface area contributed by atoms with Crippen LogP contribution in [0.4, 0.5) is 4.39 Å². The quantitative estimate of drug-likeness (QED) is 0.803. The first kappa shape index (κ1) is 12.2. The molecule has 16 heavy (non-hydrogen) atoms. The first-order valence-corrected chi connectivity index (χ1v) is 4.71. The summed E-state index contributed by atoms with van der Waals surface area (Å²) in [7, 11) is 0. The lowest BCUT2D eigenvalue weighted by Gasteiger charge is -2.04. The average molecular weight is 225 g/mol. The van der Waals surface area contributed by atoms with E-state index in [1.165, 1.54) is 18.2 Å². The molecule has 2 N–H and O–H groups in total. The fraction of sp³-hybridized carbons (Fsp3) is 0.273. The molecule has 0 aliphatic rings. The van der Waals surface area contributed by atoms with Crippen molar-refractivity contribution >= 4 is 11.9 Å². The second-order valence-electron chi connectivity index (χ2n) is 3.28. The summed E-state index contributed by atoms with van der Waals surface area (Å²) in [6.45, 7) is -0.483. The minimum atomic E-state index is -1.29. The van der Waals surface area contributed by atoms with Crippen LogP contribution in [0.15, 0.2) is 18.2 Å². The summed E-state index contributed by atoms with van der Waals surface area (Å²) in [6.07, 6.45) is 0.697. The summed E-state index contributed by atoms with van der Waals surface area (Å²) in [5.74, 6) is -2.58. The van der Waals surface area contributed by atoms with Gasteiger partial charge in [-0.2, -0.15) is 0 Å². The number of rotatable bonds is 5. The van der Waals surface area contributed by atoms with E-state index in [4.69, 9.17) is 10.2 Å². The highest BCUT2D eigenvalue weighted by molar-refractivity contribution is 6.01. The fourth-order valence-corrected chi connectivity index (χ4v) is 1.38. The van der Waals surface area contributed by atoms with Crippen molar-refractivity contribution in [2.24, 2.45) is 0 Å². The third-order valence-corrected chi connectivity index (χ3v) is 2.14. The van der Waals surface area contributed by atoms with E-state index in [1.54, 1.807) is 0 Å². The Kier molecular flexibility index (Phi) is 3.99. The minimum absolute atomic E-state index is 0.253. The van der Waals surface area contributed by atoms with Crippen LogP contribution in [0.25, 0.3) is 0 Å². The van der Waals surface area contributed by atoms with Crippen LogP contribution in [-0.2, 0) is 6.42 Å². The zero-order valence-electron chi connectivity index (χ0n) is 8.44. The lowest BCUT2D eigenvalue weighted by Crippen LogP contribution is -2.08. The summed E-state index contributed by atoms with van der Waals surface area (Å²) >= 11 is 0. The van der Waals surface area contributed by atoms with Crippen molar-refractivity contribution in [3.63, 3.8) is 0 Å². The molecule has 86 valence electrons. The minimum Gasteiger partial charge on any atom is -0.478 e. The van der Waals surface area contributed by atoms with Crippen molar-refractivity contribution in [3.8, 4) is 0 Å². The second-order valence-corrected chi connectivity index (χ2v) is 3.28. The molecule has 5 heteroatoms. The Balaban J connectivity index is 3.07. The van der Waals surface area contributed by atoms with Crippen molar-refractivity contribution in [2.75, 3.05) is 6.67 Å². The first-order chi connectivity index (χ1) is 7.56. The largest absolute Gasteiger partial charge is 0.478 e. The lowest BCUT2D eigenvalue weighted by atomic mass is 10.0. The summed E-state index contributed by atoms with van der Waals surface area (Å²) in [5, 5.41) is 17.6. The van der Waals surface area contributed by atoms with E-state index in [9.17, 15) is 14.0 Å². The number of aryl methyl sites for hydroxylation is 1. The number of carboxylic acids is 2. The number of halogens is 1. The molecule has 0 fully saturated rings. The monoisotopic (exact) mass is 225 g/mol. The first-order valence-electron chi connectivity index (χ1n) is 4.71. The Bertz CT molecular complexity index is 414. The Hall–Kier alpha value is -1.91. The van der Waals surface area contributed by atoms with Crippen LogP contribution in [0.5, 0.6) is 0 Å². The van der Waals surface area contributed by atoms with Gasteiger partial charge in [-0.25, -0.2) is 9.59 Å². The molecule has 0 radical (unpaired) electrons. The van der Waals surface area contributed by atoms with Crippen molar-refractivity contribution in [1.82, 2.24) is 0 Å². The van der Waals surface area contributed by atoms with Crippen LogP contribution >= 0.6 is 0 Å². The van der Waals surface area contributed by atoms with Gasteiger partial charge in [0.25, 0.3) is 0 Å². The third-order valence-electron chi connectivity index (χ3n) is 2.14. The fourth-order valence-electron chi connectivity index (χ4n) is 1.38. The Labute approximate surface area is 91.3 Å². The van der Waals surface area contributed by atoms with Crippen molar-refractivity contribution in [2.45, 2.75) is 12.8 Å². The molecule has 0 saturated heterocycles. The molecule has 1 aromatic carbocycles. The molecular formula is C11H11FO4. The molecule has 0 aromatic heterocycles. The molecule has 4 nitrogen and oxygen atoms in total. The number of aromatic carboxylic acids is 2. The predicted octanol–water partition coefficient (Wildman–Crippen LogP) is 1.99. The van der Waals surface area contributed by atoms with E-state index < -0.39 is 18.6 Å². The molecule has 0 heterocycles. The highest BCUT2D eigenvalue weighted by Gasteiger charge is 2.15. The number of alkyl halides is 1. The summed E-state index contributed by atoms with van der Waals surface area (Å²) in [6, 6.07) is 4.02. The van der Waals surface area contributed by atoms with Gasteiger partial charge in [-0.1, -0.05) is 6.07 Å². The van der Waals surface area contributed by atoms with Gasteiger partial charge in [0.15, 0.2) is 0 Å². The van der Waals surface area contributed by atoms with Crippen LogP contribution in [0, 0.1) is 0 Å². The Morgan fingerprint density at radius 1 is 1.12 bits per heavy atom. The maximum absolute atomic E-state index is 11.9. The molecule has 0 amide bonds. The molecule has 0 aliphatic heterocycles. The molecule has 0 spiro atoms. The van der Waals surface area contributed by atoms with Gasteiger partial charge in [-0.3, -0.25) is 4.39 Å². The zero-order valence-corrected chi connectivity index (χ0v) is 8.44. The van der Waals surface area contributed by atoms with Crippen molar-refractivity contribution < 1.29 is 24.2 Å². The highest BCUT2D eigenvalue weighted by atomic mass is 18.2. The van der Waals surface area contributed by atoms with E-state index >= 15 is 0 Å². The number of carbonyl (C=O) groups is 2. The maximum Gasteiger partial charge on any atom is 0.336 e. The molecule has 0 aliphatic carbocycles. The zero-order chi connectivity index (χ0) is 12.1. The number of benzene rings is 1. The average Bonchev–Trinajstić information content (AvgIpc) is 2.25. The molecule has 0 atom stereocenters. The van der Waals surface area contributed by atoms with Crippen LogP contribution in [-0.4, -0.2) is 28.8 Å². The van der Waals surface area contributed by atoms with Crippen LogP contribution in [0.1, 0.15) is 32.7 Å². The molecule has 1 rings (SSSR count). The topological polar surface area (TPSA) is 74.6 Å². The molecule has 1 aromatic rings. The molecule has 0 saturated carbocycles. The van der Waals surface area contributed by atoms with Crippen LogP contribution < -0.4 is 0 Å². The van der Waals surface area contributed by atoms with Crippen LogP contribution in [0.3, 0.4) is 0 Å². The van der Waals surface area contributed by atoms with Gasteiger partial charge in [-0.15, -0.1) is 0 Å². The van der Waals surface area contributed by atoms with Gasteiger partial charge in [-0.05, 0) is 30.5 Å². The third kappa shape index (κ3) is 2.79. The normalized spacial score (nSPS) is 10.1. The molecule has 0 bridgehead atoms. The van der Waals surface area contributed by atoms with Gasteiger partial charge < -0.3 is 10.2 Å². The van der Waals surface area contributed by atoms with E-state index in [0.717, 1.165) is 0 Å². The van der Waals surface area contributed by atoms with Gasteiger partial charge in [0.1, 0.15) is 0 Å². The number of carboxylic acid groups (broad SMARTS) is 2. The summed E-state index contributed by atoms with van der Waals surface area (Å²) < 4.78 is 11.9. The van der Waals surface area contributed by atoms with Gasteiger partial charge >= 0.3 is 11.9 Å². The van der Waals surface area contributed by atoms with Gasteiger partial charge in [0, 0.05) is 0 Å². The number of hydrogen-bond acceptors (Lipinski definition) is 2. The summed E-state index contributed by atoms with van der Waals surface area (Å²) in [4.78, 5) is 21.5. The smallest absolute Gasteiger partial charge is 0.336 e. The van der Waals surface area contributed by atoms with E-state index in [-0.39, 0.29) is 11.1 Å². The van der Waals surface area contributed by atoms with E-state index in [2.05, 4.69) is 0 Å². The lowest BCUT2D eigenvalue weighted by molar-refractivity contribution is 0.0651. The van der Waals surface area contributed by atoms with Gasteiger partial charge in [0.05, 0.1) is 17.8 Å². The predicted molar refractivity (Wildman–Crippen MR) is 54.7 cm³/mol. The van der Waals surface area contributed by atoms with Crippen LogP contribution in [0.2, 0.25) is 0 Å². The second kappa shape index (κ2) is 5.25. The SMILES string of the molecule is O=C(O)c1ccc(CCC[18F])cc1C(=O)O. The summed E-state index contributed by atoms with van der Waals surface area (Å²) in [5.41, 5.74) is 0.111. The van der Waals surface area contributed by atoms with E-state index in [1.807, 2.05) is 0 Å². The van der Waals surface area contributed by atoms with Gasteiger partial charge in [0.2, 0.25) is 0 Å². The molecule has 0 unspecified atom stereocenters.